The first-order valence-corrected chi connectivity index (χ1v) is 7.91. The second-order valence-corrected chi connectivity index (χ2v) is 6.15. The average Bonchev–Trinajstić information content (AvgIpc) is 2.78. The van der Waals surface area contributed by atoms with Crippen LogP contribution in [0.2, 0.25) is 0 Å². The number of nitrogens with two attached hydrogens (primary N) is 1. The van der Waals surface area contributed by atoms with Gasteiger partial charge in [0.25, 0.3) is 5.91 Å². The smallest absolute Gasteiger partial charge is 0.329 e. The van der Waals surface area contributed by atoms with Gasteiger partial charge in [0, 0.05) is 0 Å². The third kappa shape index (κ3) is 3.39. The number of esters is 1. The summed E-state index contributed by atoms with van der Waals surface area (Å²) in [7, 11) is 0. The molecule has 4 atom stereocenters. The van der Waals surface area contributed by atoms with Crippen LogP contribution in [0, 0.1) is 11.8 Å². The first-order valence-electron chi connectivity index (χ1n) is 7.91. The van der Waals surface area contributed by atoms with Crippen molar-refractivity contribution in [3.8, 4) is 0 Å². The van der Waals surface area contributed by atoms with Crippen molar-refractivity contribution in [1.29, 1.82) is 0 Å². The van der Waals surface area contributed by atoms with Crippen molar-refractivity contribution in [2.75, 3.05) is 0 Å². The predicted octanol–water partition coefficient (Wildman–Crippen LogP) is -0.323. The standard InChI is InChI=1S/C15H21N3O6/c1-7(14(22)24-8(2)11(19)17-15(16)23)18-12(20)9-5-3-4-6-10(9)13(18)21/h7-10H,3-6H2,1-2H3,(H3,16,17,19,23)/t7-,8-,9-,10-/m0/s1. The van der Waals surface area contributed by atoms with Gasteiger partial charge < -0.3 is 10.5 Å². The predicted molar refractivity (Wildman–Crippen MR) is 80.0 cm³/mol. The maximum atomic E-state index is 12.4. The zero-order valence-electron chi connectivity index (χ0n) is 13.6. The summed E-state index contributed by atoms with van der Waals surface area (Å²) in [6, 6.07) is -2.19. The molecule has 132 valence electrons. The summed E-state index contributed by atoms with van der Waals surface area (Å²) in [6.45, 7) is 2.64. The summed E-state index contributed by atoms with van der Waals surface area (Å²) in [4.78, 5) is 60.1. The van der Waals surface area contributed by atoms with Crippen molar-refractivity contribution in [3.05, 3.63) is 0 Å². The summed E-state index contributed by atoms with van der Waals surface area (Å²) in [5.74, 6) is -3.21. The van der Waals surface area contributed by atoms with Gasteiger partial charge in [-0.2, -0.15) is 0 Å². The highest BCUT2D eigenvalue weighted by Crippen LogP contribution is 2.38. The Labute approximate surface area is 138 Å². The molecule has 9 heteroatoms. The number of nitrogens with one attached hydrogen (secondary N) is 1. The number of primary amides is 1. The lowest BCUT2D eigenvalue weighted by molar-refractivity contribution is -0.163. The third-order valence-electron chi connectivity index (χ3n) is 4.51. The van der Waals surface area contributed by atoms with Crippen LogP contribution in [0.5, 0.6) is 0 Å². The second-order valence-electron chi connectivity index (χ2n) is 6.15. The number of fused-ring (bicyclic) bond motifs is 1. The molecule has 0 unspecified atom stereocenters. The number of hydrogen-bond acceptors (Lipinski definition) is 6. The molecule has 1 saturated carbocycles. The number of ether oxygens (including phenoxy) is 1. The molecule has 0 aromatic rings. The zero-order valence-corrected chi connectivity index (χ0v) is 13.6. The summed E-state index contributed by atoms with van der Waals surface area (Å²) in [5, 5.41) is 1.79. The Kier molecular flexibility index (Phi) is 5.20. The molecule has 9 nitrogen and oxygen atoms in total. The fourth-order valence-corrected chi connectivity index (χ4v) is 3.22. The van der Waals surface area contributed by atoms with Gasteiger partial charge in [0.1, 0.15) is 6.04 Å². The Hall–Kier alpha value is -2.45. The number of likely N-dealkylation sites (tertiary alicyclic amines) is 1. The van der Waals surface area contributed by atoms with Crippen molar-refractivity contribution in [3.63, 3.8) is 0 Å². The first-order chi connectivity index (χ1) is 11.2. The molecule has 0 radical (unpaired) electrons. The Bertz CT molecular complexity index is 566. The van der Waals surface area contributed by atoms with Gasteiger partial charge in [-0.15, -0.1) is 0 Å². The lowest BCUT2D eigenvalue weighted by Crippen LogP contribution is -2.47. The van der Waals surface area contributed by atoms with Crippen LogP contribution in [-0.2, 0) is 23.9 Å². The van der Waals surface area contributed by atoms with E-state index in [1.165, 1.54) is 13.8 Å². The van der Waals surface area contributed by atoms with Crippen LogP contribution < -0.4 is 11.1 Å². The number of carbonyl (C=O) groups excluding carboxylic acids is 5. The fourth-order valence-electron chi connectivity index (χ4n) is 3.22. The highest BCUT2D eigenvalue weighted by molar-refractivity contribution is 6.08. The molecule has 0 spiro atoms. The van der Waals surface area contributed by atoms with E-state index in [4.69, 9.17) is 10.5 Å². The quantitative estimate of drug-likeness (QED) is 0.532. The van der Waals surface area contributed by atoms with Gasteiger partial charge in [0.2, 0.25) is 11.8 Å². The normalized spacial score (nSPS) is 25.7. The van der Waals surface area contributed by atoms with Crippen molar-refractivity contribution in [1.82, 2.24) is 10.2 Å². The first kappa shape index (κ1) is 17.9. The largest absolute Gasteiger partial charge is 0.451 e. The summed E-state index contributed by atoms with van der Waals surface area (Å²) in [6.07, 6.45) is 1.78. The maximum absolute atomic E-state index is 12.4. The zero-order chi connectivity index (χ0) is 18.0. The number of amides is 5. The van der Waals surface area contributed by atoms with E-state index in [0.29, 0.717) is 12.8 Å². The van der Waals surface area contributed by atoms with Crippen LogP contribution in [0.3, 0.4) is 0 Å². The van der Waals surface area contributed by atoms with Crippen molar-refractivity contribution in [2.24, 2.45) is 17.6 Å². The van der Waals surface area contributed by atoms with Gasteiger partial charge in [-0.05, 0) is 26.7 Å². The number of nitrogens with zero attached hydrogens (tertiary/aromatic N) is 1. The molecule has 5 amide bonds. The minimum absolute atomic E-state index is 0.358. The average molecular weight is 339 g/mol. The van der Waals surface area contributed by atoms with Crippen LogP contribution in [0.15, 0.2) is 0 Å². The van der Waals surface area contributed by atoms with E-state index in [9.17, 15) is 24.0 Å². The molecular weight excluding hydrogens is 318 g/mol. The Morgan fingerprint density at radius 2 is 1.62 bits per heavy atom. The molecular formula is C15H21N3O6. The SMILES string of the molecule is C[C@H](OC(=O)[C@H](C)N1C(=O)[C@H]2CCCC[C@@H]2C1=O)C(=O)NC(N)=O. The number of hydrogen-bond donors (Lipinski definition) is 2. The number of carbonyl (C=O) groups is 5. The van der Waals surface area contributed by atoms with Gasteiger partial charge in [-0.25, -0.2) is 9.59 Å². The van der Waals surface area contributed by atoms with Gasteiger partial charge in [0.05, 0.1) is 11.8 Å². The van der Waals surface area contributed by atoms with Gasteiger partial charge in [0.15, 0.2) is 6.10 Å². The number of rotatable bonds is 4. The van der Waals surface area contributed by atoms with E-state index in [-0.39, 0.29) is 23.7 Å². The van der Waals surface area contributed by atoms with Crippen molar-refractivity contribution in [2.45, 2.75) is 51.7 Å². The Morgan fingerprint density at radius 3 is 2.08 bits per heavy atom. The molecule has 1 aliphatic heterocycles. The molecule has 3 N–H and O–H groups in total. The van der Waals surface area contributed by atoms with Gasteiger partial charge in [-0.1, -0.05) is 12.8 Å². The Balaban J connectivity index is 2.02. The minimum atomic E-state index is -1.28. The topological polar surface area (TPSA) is 136 Å². The van der Waals surface area contributed by atoms with Gasteiger partial charge in [-0.3, -0.25) is 24.6 Å². The highest BCUT2D eigenvalue weighted by Gasteiger charge is 2.51. The fraction of sp³-hybridized carbons (Fsp3) is 0.667. The van der Waals surface area contributed by atoms with Crippen LogP contribution in [0.25, 0.3) is 0 Å². The van der Waals surface area contributed by atoms with Gasteiger partial charge >= 0.3 is 12.0 Å². The molecule has 1 saturated heterocycles. The lowest BCUT2D eigenvalue weighted by Gasteiger charge is -2.23. The third-order valence-corrected chi connectivity index (χ3v) is 4.51. The monoisotopic (exact) mass is 339 g/mol. The van der Waals surface area contributed by atoms with Crippen molar-refractivity contribution >= 4 is 29.7 Å². The van der Waals surface area contributed by atoms with E-state index < -0.39 is 30.1 Å². The number of urea groups is 1. The Morgan fingerprint density at radius 1 is 1.12 bits per heavy atom. The summed E-state index contributed by atoms with van der Waals surface area (Å²) < 4.78 is 4.93. The van der Waals surface area contributed by atoms with E-state index in [1.807, 2.05) is 0 Å². The summed E-state index contributed by atoms with van der Waals surface area (Å²) in [5.41, 5.74) is 4.82. The molecule has 24 heavy (non-hydrogen) atoms. The number of imide groups is 2. The molecule has 0 aromatic heterocycles. The molecule has 2 fully saturated rings. The highest BCUT2D eigenvalue weighted by atomic mass is 16.5. The van der Waals surface area contributed by atoms with Crippen molar-refractivity contribution < 1.29 is 28.7 Å². The molecule has 1 heterocycles. The molecule has 1 aliphatic carbocycles. The molecule has 2 rings (SSSR count). The van der Waals surface area contributed by atoms with Crippen LogP contribution in [0.4, 0.5) is 4.79 Å². The molecule has 0 bridgehead atoms. The maximum Gasteiger partial charge on any atom is 0.329 e. The van der Waals surface area contributed by atoms with E-state index >= 15 is 0 Å². The van der Waals surface area contributed by atoms with E-state index in [2.05, 4.69) is 0 Å². The minimum Gasteiger partial charge on any atom is -0.451 e. The van der Waals surface area contributed by atoms with E-state index in [1.54, 1.807) is 5.32 Å². The van der Waals surface area contributed by atoms with E-state index in [0.717, 1.165) is 17.7 Å². The molecule has 2 aliphatic rings. The second kappa shape index (κ2) is 6.98. The van der Waals surface area contributed by atoms with Crippen LogP contribution in [-0.4, -0.2) is 46.8 Å². The van der Waals surface area contributed by atoms with Crippen LogP contribution in [0.1, 0.15) is 39.5 Å². The van der Waals surface area contributed by atoms with Crippen LogP contribution >= 0.6 is 0 Å². The lowest BCUT2D eigenvalue weighted by atomic mass is 9.81. The molecule has 0 aromatic carbocycles. The summed E-state index contributed by atoms with van der Waals surface area (Å²) >= 11 is 0.